The van der Waals surface area contributed by atoms with E-state index in [2.05, 4.69) is 64.4 Å². The summed E-state index contributed by atoms with van der Waals surface area (Å²) in [4.78, 5) is 16.4. The van der Waals surface area contributed by atoms with Gasteiger partial charge in [0.15, 0.2) is 0 Å². The summed E-state index contributed by atoms with van der Waals surface area (Å²) in [7, 11) is 0. The summed E-state index contributed by atoms with van der Waals surface area (Å²) >= 11 is 0. The lowest BCUT2D eigenvalue weighted by atomic mass is 10.0. The van der Waals surface area contributed by atoms with E-state index in [1.807, 2.05) is 66.9 Å². The van der Waals surface area contributed by atoms with Gasteiger partial charge in [-0.2, -0.15) is 5.26 Å². The third-order valence-electron chi connectivity index (χ3n) is 5.80. The molecule has 192 valence electrons. The minimum Gasteiger partial charge on any atom is -0.355 e. The van der Waals surface area contributed by atoms with Crippen LogP contribution in [0, 0.1) is 11.5 Å². The SMILES string of the molecule is CC(C)NCCNC(=O)CC[C@H](Cc1ccccc1)N/C(=N/C#N)Nc1ccc(-c2ccccc2)cc1. The smallest absolute Gasteiger partial charge is 0.220 e. The zero-order chi connectivity index (χ0) is 26.3. The van der Waals surface area contributed by atoms with Gasteiger partial charge in [0.05, 0.1) is 0 Å². The van der Waals surface area contributed by atoms with Crippen molar-refractivity contribution in [1.29, 1.82) is 5.26 Å². The van der Waals surface area contributed by atoms with E-state index in [9.17, 15) is 10.1 Å². The maximum atomic E-state index is 12.4. The first-order chi connectivity index (χ1) is 18.0. The largest absolute Gasteiger partial charge is 0.355 e. The van der Waals surface area contributed by atoms with Crippen molar-refractivity contribution in [3.63, 3.8) is 0 Å². The summed E-state index contributed by atoms with van der Waals surface area (Å²) in [6.07, 6.45) is 3.54. The lowest BCUT2D eigenvalue weighted by molar-refractivity contribution is -0.121. The molecule has 0 radical (unpaired) electrons. The quantitative estimate of drug-likeness (QED) is 0.126. The number of carbonyl (C=O) groups is 1. The molecule has 4 N–H and O–H groups in total. The molecule has 7 heteroatoms. The topological polar surface area (TPSA) is 101 Å². The molecular weight excluding hydrogens is 460 g/mol. The second-order valence-corrected chi connectivity index (χ2v) is 9.16. The molecule has 1 amide bonds. The van der Waals surface area contributed by atoms with Gasteiger partial charge in [-0.25, -0.2) is 0 Å². The highest BCUT2D eigenvalue weighted by Gasteiger charge is 2.15. The molecule has 0 aliphatic rings. The predicted molar refractivity (Wildman–Crippen MR) is 151 cm³/mol. The molecule has 0 saturated carbocycles. The van der Waals surface area contributed by atoms with Crippen LogP contribution < -0.4 is 21.3 Å². The Morgan fingerprint density at radius 3 is 2.19 bits per heavy atom. The van der Waals surface area contributed by atoms with Gasteiger partial charge in [-0.1, -0.05) is 86.6 Å². The van der Waals surface area contributed by atoms with E-state index in [-0.39, 0.29) is 11.9 Å². The first-order valence-corrected chi connectivity index (χ1v) is 12.7. The Morgan fingerprint density at radius 1 is 0.892 bits per heavy atom. The molecule has 0 unspecified atom stereocenters. The number of benzene rings is 3. The zero-order valence-corrected chi connectivity index (χ0v) is 21.6. The van der Waals surface area contributed by atoms with Crippen molar-refractivity contribution in [3.05, 3.63) is 90.5 Å². The van der Waals surface area contributed by atoms with Gasteiger partial charge in [-0.3, -0.25) is 4.79 Å². The van der Waals surface area contributed by atoms with Crippen molar-refractivity contribution in [3.8, 4) is 17.3 Å². The molecule has 3 aromatic carbocycles. The number of anilines is 1. The van der Waals surface area contributed by atoms with Gasteiger partial charge >= 0.3 is 0 Å². The van der Waals surface area contributed by atoms with Crippen molar-refractivity contribution >= 4 is 17.6 Å². The molecule has 0 heterocycles. The molecular formula is C30H36N6O. The lowest BCUT2D eigenvalue weighted by Crippen LogP contribution is -2.41. The standard InChI is InChI=1S/C30H36N6O/c1-23(2)32-19-20-33-29(37)18-17-28(21-24-9-5-3-6-10-24)36-30(34-22-31)35-27-15-13-26(14-16-27)25-11-7-4-8-12-25/h3-16,23,28,32H,17-21H2,1-2H3,(H,33,37)(H2,34,35,36)/t28-/m1/s1. The fourth-order valence-corrected chi connectivity index (χ4v) is 3.93. The maximum Gasteiger partial charge on any atom is 0.220 e. The summed E-state index contributed by atoms with van der Waals surface area (Å²) in [5.41, 5.74) is 4.20. The highest BCUT2D eigenvalue weighted by molar-refractivity contribution is 5.94. The van der Waals surface area contributed by atoms with Crippen LogP contribution in [0.3, 0.4) is 0 Å². The average Bonchev–Trinajstić information content (AvgIpc) is 2.91. The first-order valence-electron chi connectivity index (χ1n) is 12.7. The average molecular weight is 497 g/mol. The van der Waals surface area contributed by atoms with E-state index >= 15 is 0 Å². The van der Waals surface area contributed by atoms with Crippen LogP contribution in [0.2, 0.25) is 0 Å². The molecule has 3 aromatic rings. The fourth-order valence-electron chi connectivity index (χ4n) is 3.93. The number of hydrogen-bond acceptors (Lipinski definition) is 4. The van der Waals surface area contributed by atoms with Gasteiger partial charge in [-0.15, -0.1) is 4.99 Å². The summed E-state index contributed by atoms with van der Waals surface area (Å²) < 4.78 is 0. The molecule has 0 spiro atoms. The number of hydrogen-bond donors (Lipinski definition) is 4. The van der Waals surface area contributed by atoms with E-state index in [0.29, 0.717) is 37.8 Å². The van der Waals surface area contributed by atoms with Gasteiger partial charge in [0.25, 0.3) is 0 Å². The van der Waals surface area contributed by atoms with Gasteiger partial charge < -0.3 is 21.3 Å². The van der Waals surface area contributed by atoms with Crippen molar-refractivity contribution in [2.45, 2.75) is 45.2 Å². The first kappa shape index (κ1) is 27.4. The van der Waals surface area contributed by atoms with Crippen LogP contribution in [0.1, 0.15) is 32.3 Å². The lowest BCUT2D eigenvalue weighted by Gasteiger charge is -2.21. The number of aliphatic imine (C=N–C) groups is 1. The van der Waals surface area contributed by atoms with Gasteiger partial charge in [0.1, 0.15) is 0 Å². The predicted octanol–water partition coefficient (Wildman–Crippen LogP) is 4.70. The molecule has 0 saturated heterocycles. The molecule has 7 nitrogen and oxygen atoms in total. The van der Waals surface area contributed by atoms with Crippen molar-refractivity contribution < 1.29 is 4.79 Å². The molecule has 1 atom stereocenters. The Kier molecular flexibility index (Phi) is 11.2. The Morgan fingerprint density at radius 2 is 1.54 bits per heavy atom. The minimum absolute atomic E-state index is 0.00801. The molecule has 0 aliphatic heterocycles. The van der Waals surface area contributed by atoms with Crippen LogP contribution in [-0.4, -0.2) is 37.0 Å². The van der Waals surface area contributed by atoms with Crippen molar-refractivity contribution in [2.75, 3.05) is 18.4 Å². The number of rotatable bonds is 12. The van der Waals surface area contributed by atoms with E-state index in [0.717, 1.165) is 28.9 Å². The second kappa shape index (κ2) is 15.1. The van der Waals surface area contributed by atoms with Crippen molar-refractivity contribution in [2.24, 2.45) is 4.99 Å². The van der Waals surface area contributed by atoms with E-state index in [1.165, 1.54) is 0 Å². The van der Waals surface area contributed by atoms with Crippen LogP contribution in [-0.2, 0) is 11.2 Å². The van der Waals surface area contributed by atoms with Crippen LogP contribution in [0.15, 0.2) is 89.9 Å². The molecule has 0 bridgehead atoms. The third kappa shape index (κ3) is 10.2. The third-order valence-corrected chi connectivity index (χ3v) is 5.80. The van der Waals surface area contributed by atoms with E-state index < -0.39 is 0 Å². The Labute approximate surface area is 220 Å². The minimum atomic E-state index is -0.0925. The Balaban J connectivity index is 1.63. The molecule has 37 heavy (non-hydrogen) atoms. The summed E-state index contributed by atoms with van der Waals surface area (Å²) in [6.45, 7) is 5.48. The van der Waals surface area contributed by atoms with Gasteiger partial charge in [-0.05, 0) is 41.7 Å². The molecule has 3 rings (SSSR count). The van der Waals surface area contributed by atoms with Crippen LogP contribution in [0.5, 0.6) is 0 Å². The monoisotopic (exact) mass is 496 g/mol. The van der Waals surface area contributed by atoms with Crippen LogP contribution >= 0.6 is 0 Å². The number of carbonyl (C=O) groups excluding carboxylic acids is 1. The van der Waals surface area contributed by atoms with Crippen molar-refractivity contribution in [1.82, 2.24) is 16.0 Å². The van der Waals surface area contributed by atoms with Crippen LogP contribution in [0.4, 0.5) is 5.69 Å². The number of guanidine groups is 1. The fraction of sp³-hybridized carbons (Fsp3) is 0.300. The Bertz CT molecular complexity index is 1150. The van der Waals surface area contributed by atoms with Gasteiger partial charge in [0.2, 0.25) is 18.1 Å². The highest BCUT2D eigenvalue weighted by atomic mass is 16.1. The summed E-state index contributed by atoms with van der Waals surface area (Å²) in [5.74, 6) is 0.367. The molecule has 0 aliphatic carbocycles. The number of nitrogens with one attached hydrogen (secondary N) is 4. The summed E-state index contributed by atoms with van der Waals surface area (Å²) in [5, 5.41) is 22.1. The Hall–Kier alpha value is -4.15. The van der Waals surface area contributed by atoms with Gasteiger partial charge in [0, 0.05) is 37.3 Å². The maximum absolute atomic E-state index is 12.4. The second-order valence-electron chi connectivity index (χ2n) is 9.16. The van der Waals surface area contributed by atoms with E-state index in [4.69, 9.17) is 0 Å². The van der Waals surface area contributed by atoms with E-state index in [1.54, 1.807) is 0 Å². The highest BCUT2D eigenvalue weighted by Crippen LogP contribution is 2.21. The number of nitrogens with zero attached hydrogens (tertiary/aromatic N) is 2. The molecule has 0 aromatic heterocycles. The zero-order valence-electron chi connectivity index (χ0n) is 21.6. The normalized spacial score (nSPS) is 12.0. The van der Waals surface area contributed by atoms with Crippen LogP contribution in [0.25, 0.3) is 11.1 Å². The number of amides is 1. The molecule has 0 fully saturated rings. The number of nitriles is 1. The summed E-state index contributed by atoms with van der Waals surface area (Å²) in [6, 6.07) is 28.5.